The lowest BCUT2D eigenvalue weighted by Gasteiger charge is -2.34. The molecule has 0 amide bonds. The van der Waals surface area contributed by atoms with Gasteiger partial charge in [0, 0.05) is 5.54 Å². The molecule has 112 valence electrons. The molecule has 0 saturated carbocycles. The summed E-state index contributed by atoms with van der Waals surface area (Å²) in [6.45, 7) is 14.0. The molecule has 20 heavy (non-hydrogen) atoms. The minimum absolute atomic E-state index is 0.316. The summed E-state index contributed by atoms with van der Waals surface area (Å²) in [5, 5.41) is 0. The highest BCUT2D eigenvalue weighted by atomic mass is 15.2. The van der Waals surface area contributed by atoms with E-state index >= 15 is 0 Å². The van der Waals surface area contributed by atoms with Crippen molar-refractivity contribution < 1.29 is 0 Å². The highest BCUT2D eigenvalue weighted by molar-refractivity contribution is 5.27. The molecule has 1 nitrogen and oxygen atoms in total. The van der Waals surface area contributed by atoms with Gasteiger partial charge in [-0.2, -0.15) is 0 Å². The predicted molar refractivity (Wildman–Crippen MR) is 88.4 cm³/mol. The first-order valence-corrected chi connectivity index (χ1v) is 8.23. The number of nitrogens with zero attached hydrogens (tertiary/aromatic N) is 1. The molecule has 2 rings (SSSR count). The lowest BCUT2D eigenvalue weighted by atomic mass is 9.90. The average Bonchev–Trinajstić information content (AvgIpc) is 2.64. The van der Waals surface area contributed by atoms with E-state index in [0.717, 1.165) is 5.92 Å². The first kappa shape index (κ1) is 15.6. The number of benzene rings is 1. The topological polar surface area (TPSA) is 3.24 Å². The van der Waals surface area contributed by atoms with E-state index in [2.05, 4.69) is 63.8 Å². The predicted octanol–water partition coefficient (Wildman–Crippen LogP) is 5.18. The Balaban J connectivity index is 2.03. The number of rotatable bonds is 2. The summed E-state index contributed by atoms with van der Waals surface area (Å²) < 4.78 is 0. The maximum atomic E-state index is 2.65. The first-order valence-electron chi connectivity index (χ1n) is 8.23. The molecule has 0 radical (unpaired) electrons. The largest absolute Gasteiger partial charge is 0.298 e. The van der Waals surface area contributed by atoms with Gasteiger partial charge >= 0.3 is 0 Å². The highest BCUT2D eigenvalue weighted by Gasteiger charge is 2.25. The standard InChI is InChI=1S/C19H31N/c1-15(2)16-8-10-18(11-9-16)17-7-6-13-20(14-12-17)19(3,4)5/h8-11,15,17H,6-7,12-14H2,1-5H3. The third-order valence-corrected chi connectivity index (χ3v) is 4.75. The van der Waals surface area contributed by atoms with E-state index in [0.29, 0.717) is 11.5 Å². The second kappa shape index (κ2) is 6.30. The number of hydrogen-bond donors (Lipinski definition) is 0. The molecule has 1 saturated heterocycles. The Bertz CT molecular complexity index is 410. The van der Waals surface area contributed by atoms with Crippen LogP contribution in [0.4, 0.5) is 0 Å². The lowest BCUT2D eigenvalue weighted by Crippen LogP contribution is -2.41. The zero-order valence-electron chi connectivity index (χ0n) is 13.9. The average molecular weight is 273 g/mol. The van der Waals surface area contributed by atoms with Gasteiger partial charge < -0.3 is 0 Å². The van der Waals surface area contributed by atoms with Crippen LogP contribution in [-0.2, 0) is 0 Å². The quantitative estimate of drug-likeness (QED) is 0.718. The zero-order valence-corrected chi connectivity index (χ0v) is 13.9. The van der Waals surface area contributed by atoms with E-state index in [1.54, 1.807) is 5.56 Å². The molecule has 1 atom stereocenters. The molecule has 1 aromatic rings. The molecule has 1 heterocycles. The van der Waals surface area contributed by atoms with Crippen molar-refractivity contribution in [3.63, 3.8) is 0 Å². The second-order valence-electron chi connectivity index (χ2n) is 7.61. The highest BCUT2D eigenvalue weighted by Crippen LogP contribution is 2.31. The Kier molecular flexibility index (Phi) is 4.90. The maximum absolute atomic E-state index is 2.65. The van der Waals surface area contributed by atoms with Gasteiger partial charge in [-0.1, -0.05) is 38.1 Å². The van der Waals surface area contributed by atoms with E-state index in [-0.39, 0.29) is 0 Å². The summed E-state index contributed by atoms with van der Waals surface area (Å²) >= 11 is 0. The van der Waals surface area contributed by atoms with Crippen molar-refractivity contribution in [3.05, 3.63) is 35.4 Å². The van der Waals surface area contributed by atoms with Crippen LogP contribution < -0.4 is 0 Å². The van der Waals surface area contributed by atoms with Gasteiger partial charge in [-0.25, -0.2) is 0 Å². The summed E-state index contributed by atoms with van der Waals surface area (Å²) in [4.78, 5) is 2.65. The molecule has 0 N–H and O–H groups in total. The van der Waals surface area contributed by atoms with Gasteiger partial charge in [0.2, 0.25) is 0 Å². The van der Waals surface area contributed by atoms with Crippen LogP contribution in [0.3, 0.4) is 0 Å². The fraction of sp³-hybridized carbons (Fsp3) is 0.684. The Hall–Kier alpha value is -0.820. The van der Waals surface area contributed by atoms with Crippen molar-refractivity contribution in [2.24, 2.45) is 0 Å². The molecule has 0 aromatic heterocycles. The van der Waals surface area contributed by atoms with Gasteiger partial charge in [0.15, 0.2) is 0 Å². The summed E-state index contributed by atoms with van der Waals surface area (Å²) in [7, 11) is 0. The van der Waals surface area contributed by atoms with Crippen LogP contribution in [0.15, 0.2) is 24.3 Å². The maximum Gasteiger partial charge on any atom is 0.0125 e. The third kappa shape index (κ3) is 3.85. The Morgan fingerprint density at radius 2 is 1.65 bits per heavy atom. The van der Waals surface area contributed by atoms with Crippen molar-refractivity contribution in [1.82, 2.24) is 4.90 Å². The minimum atomic E-state index is 0.316. The normalized spacial score (nSPS) is 22.0. The Labute approximate surface area is 125 Å². The van der Waals surface area contributed by atoms with E-state index in [9.17, 15) is 0 Å². The SMILES string of the molecule is CC(C)c1ccc(C2CCCN(C(C)(C)C)CC2)cc1. The molecule has 0 spiro atoms. The molecular formula is C19H31N. The molecule has 1 aliphatic heterocycles. The Morgan fingerprint density at radius 3 is 2.20 bits per heavy atom. The molecule has 1 fully saturated rings. The Morgan fingerprint density at radius 1 is 1.00 bits per heavy atom. The van der Waals surface area contributed by atoms with E-state index in [1.807, 2.05) is 0 Å². The van der Waals surface area contributed by atoms with Crippen molar-refractivity contribution in [1.29, 1.82) is 0 Å². The fourth-order valence-corrected chi connectivity index (χ4v) is 3.25. The van der Waals surface area contributed by atoms with Crippen LogP contribution in [0.25, 0.3) is 0 Å². The van der Waals surface area contributed by atoms with E-state index < -0.39 is 0 Å². The van der Waals surface area contributed by atoms with Gasteiger partial charge in [0.05, 0.1) is 0 Å². The number of hydrogen-bond acceptors (Lipinski definition) is 1. The zero-order chi connectivity index (χ0) is 14.8. The third-order valence-electron chi connectivity index (χ3n) is 4.75. The molecule has 1 aromatic carbocycles. The second-order valence-corrected chi connectivity index (χ2v) is 7.61. The molecular weight excluding hydrogens is 242 g/mol. The van der Waals surface area contributed by atoms with Crippen LogP contribution in [0, 0.1) is 0 Å². The first-order chi connectivity index (χ1) is 9.38. The van der Waals surface area contributed by atoms with Gasteiger partial charge in [0.25, 0.3) is 0 Å². The smallest absolute Gasteiger partial charge is 0.0125 e. The van der Waals surface area contributed by atoms with Gasteiger partial charge in [-0.05, 0) is 76.1 Å². The van der Waals surface area contributed by atoms with Gasteiger partial charge in [0.1, 0.15) is 0 Å². The van der Waals surface area contributed by atoms with Crippen LogP contribution in [0.1, 0.15) is 76.8 Å². The van der Waals surface area contributed by atoms with E-state index in [1.165, 1.54) is 37.9 Å². The van der Waals surface area contributed by atoms with Crippen LogP contribution in [0.5, 0.6) is 0 Å². The van der Waals surface area contributed by atoms with Crippen molar-refractivity contribution >= 4 is 0 Å². The molecule has 1 unspecified atom stereocenters. The summed E-state index contributed by atoms with van der Waals surface area (Å²) in [6.07, 6.45) is 3.97. The van der Waals surface area contributed by atoms with Crippen molar-refractivity contribution in [2.45, 2.75) is 71.3 Å². The molecule has 0 aliphatic carbocycles. The molecule has 1 heteroatoms. The van der Waals surface area contributed by atoms with Crippen LogP contribution in [0.2, 0.25) is 0 Å². The molecule has 0 bridgehead atoms. The van der Waals surface area contributed by atoms with E-state index in [4.69, 9.17) is 0 Å². The van der Waals surface area contributed by atoms with Crippen LogP contribution >= 0.6 is 0 Å². The minimum Gasteiger partial charge on any atom is -0.298 e. The van der Waals surface area contributed by atoms with Crippen molar-refractivity contribution in [2.75, 3.05) is 13.1 Å². The summed E-state index contributed by atoms with van der Waals surface area (Å²) in [6, 6.07) is 9.39. The monoisotopic (exact) mass is 273 g/mol. The van der Waals surface area contributed by atoms with Crippen molar-refractivity contribution in [3.8, 4) is 0 Å². The summed E-state index contributed by atoms with van der Waals surface area (Å²) in [5.74, 6) is 1.39. The number of likely N-dealkylation sites (tertiary alicyclic amines) is 1. The van der Waals surface area contributed by atoms with Gasteiger partial charge in [-0.15, -0.1) is 0 Å². The van der Waals surface area contributed by atoms with Gasteiger partial charge in [-0.3, -0.25) is 4.90 Å². The fourth-order valence-electron chi connectivity index (χ4n) is 3.25. The van der Waals surface area contributed by atoms with Crippen LogP contribution in [-0.4, -0.2) is 23.5 Å². The summed E-state index contributed by atoms with van der Waals surface area (Å²) in [5.41, 5.74) is 3.32. The molecule has 1 aliphatic rings. The lowest BCUT2D eigenvalue weighted by molar-refractivity contribution is 0.142.